The fourth-order valence-corrected chi connectivity index (χ4v) is 3.82. The van der Waals surface area contributed by atoms with E-state index >= 15 is 0 Å². The Morgan fingerprint density at radius 3 is 2.36 bits per heavy atom. The molecule has 1 aromatic rings. The van der Waals surface area contributed by atoms with Crippen LogP contribution in [-0.4, -0.2) is 28.9 Å². The predicted octanol–water partition coefficient (Wildman–Crippen LogP) is 3.55. The molecule has 0 aromatic heterocycles. The number of piperidine rings is 1. The summed E-state index contributed by atoms with van der Waals surface area (Å²) >= 11 is 0. The van der Waals surface area contributed by atoms with Crippen molar-refractivity contribution in [3.05, 3.63) is 35.9 Å². The molecule has 0 N–H and O–H groups in total. The summed E-state index contributed by atoms with van der Waals surface area (Å²) in [7, 11) is 0. The standard InChI is InChI=1S/C18H23NO3/c1-2-17(20)14-10-15-8-9-16(11-14)19(15)18(21)22-12-13-6-4-3-5-7-13/h3-7,14-16H,2,8-12H2,1H3. The van der Waals surface area contributed by atoms with E-state index in [9.17, 15) is 9.59 Å². The summed E-state index contributed by atoms with van der Waals surface area (Å²) in [4.78, 5) is 26.2. The van der Waals surface area contributed by atoms with Crippen LogP contribution in [0.3, 0.4) is 0 Å². The Balaban J connectivity index is 1.59. The van der Waals surface area contributed by atoms with Crippen LogP contribution in [0.25, 0.3) is 0 Å². The van der Waals surface area contributed by atoms with Crippen LogP contribution in [0.5, 0.6) is 0 Å². The molecule has 2 atom stereocenters. The smallest absolute Gasteiger partial charge is 0.410 e. The summed E-state index contributed by atoms with van der Waals surface area (Å²) in [6.45, 7) is 2.23. The Labute approximate surface area is 131 Å². The molecule has 0 spiro atoms. The number of benzene rings is 1. The van der Waals surface area contributed by atoms with Crippen molar-refractivity contribution in [1.29, 1.82) is 0 Å². The molecule has 0 saturated carbocycles. The second-order valence-corrected chi connectivity index (χ2v) is 6.32. The second kappa shape index (κ2) is 6.51. The first-order valence-electron chi connectivity index (χ1n) is 8.20. The van der Waals surface area contributed by atoms with Gasteiger partial charge in [0.2, 0.25) is 0 Å². The van der Waals surface area contributed by atoms with Gasteiger partial charge in [0.1, 0.15) is 12.4 Å². The number of carbonyl (C=O) groups is 2. The summed E-state index contributed by atoms with van der Waals surface area (Å²) in [6.07, 6.45) is 3.99. The zero-order chi connectivity index (χ0) is 15.5. The van der Waals surface area contributed by atoms with Crippen molar-refractivity contribution in [3.63, 3.8) is 0 Å². The molecule has 1 amide bonds. The third-order valence-electron chi connectivity index (χ3n) is 4.95. The average molecular weight is 301 g/mol. The van der Waals surface area contributed by atoms with Crippen LogP contribution in [0.15, 0.2) is 30.3 Å². The Morgan fingerprint density at radius 1 is 1.14 bits per heavy atom. The van der Waals surface area contributed by atoms with Gasteiger partial charge in [-0.1, -0.05) is 37.3 Å². The summed E-state index contributed by atoms with van der Waals surface area (Å²) in [5, 5.41) is 0. The molecule has 2 aliphatic heterocycles. The maximum Gasteiger partial charge on any atom is 0.410 e. The van der Waals surface area contributed by atoms with E-state index in [1.165, 1.54) is 0 Å². The number of amides is 1. The number of rotatable bonds is 4. The Bertz CT molecular complexity index is 529. The molecule has 2 bridgehead atoms. The van der Waals surface area contributed by atoms with Crippen molar-refractivity contribution >= 4 is 11.9 Å². The normalized spacial score (nSPS) is 26.8. The van der Waals surface area contributed by atoms with E-state index in [2.05, 4.69) is 0 Å². The lowest BCUT2D eigenvalue weighted by molar-refractivity contribution is -0.124. The van der Waals surface area contributed by atoms with Gasteiger partial charge < -0.3 is 9.64 Å². The molecule has 2 aliphatic rings. The van der Waals surface area contributed by atoms with Crippen LogP contribution >= 0.6 is 0 Å². The van der Waals surface area contributed by atoms with E-state index in [4.69, 9.17) is 4.74 Å². The number of carbonyl (C=O) groups excluding carboxylic acids is 2. The number of nitrogens with zero attached hydrogens (tertiary/aromatic N) is 1. The molecule has 2 saturated heterocycles. The number of hydrogen-bond donors (Lipinski definition) is 0. The van der Waals surface area contributed by atoms with Gasteiger partial charge in [0, 0.05) is 24.4 Å². The molecule has 22 heavy (non-hydrogen) atoms. The van der Waals surface area contributed by atoms with Crippen LogP contribution in [0, 0.1) is 5.92 Å². The minimum Gasteiger partial charge on any atom is -0.445 e. The molecule has 0 radical (unpaired) electrons. The zero-order valence-corrected chi connectivity index (χ0v) is 13.0. The van der Waals surface area contributed by atoms with Crippen molar-refractivity contribution in [2.24, 2.45) is 5.92 Å². The maximum atomic E-state index is 12.4. The maximum absolute atomic E-state index is 12.4. The number of ketones is 1. The predicted molar refractivity (Wildman–Crippen MR) is 83.3 cm³/mol. The summed E-state index contributed by atoms with van der Waals surface area (Å²) < 4.78 is 5.47. The molecule has 4 nitrogen and oxygen atoms in total. The summed E-state index contributed by atoms with van der Waals surface area (Å²) in [6, 6.07) is 10.1. The second-order valence-electron chi connectivity index (χ2n) is 6.32. The van der Waals surface area contributed by atoms with Crippen molar-refractivity contribution < 1.29 is 14.3 Å². The monoisotopic (exact) mass is 301 g/mol. The lowest BCUT2D eigenvalue weighted by Crippen LogP contribution is -2.48. The van der Waals surface area contributed by atoms with Crippen molar-refractivity contribution in [1.82, 2.24) is 4.90 Å². The molecule has 3 rings (SSSR count). The Kier molecular flexibility index (Phi) is 4.46. The Hall–Kier alpha value is -1.84. The number of fused-ring (bicyclic) bond motifs is 2. The van der Waals surface area contributed by atoms with Gasteiger partial charge in [0.15, 0.2) is 0 Å². The lowest BCUT2D eigenvalue weighted by atomic mass is 9.87. The van der Waals surface area contributed by atoms with Gasteiger partial charge in [0.25, 0.3) is 0 Å². The summed E-state index contributed by atoms with van der Waals surface area (Å²) in [5.41, 5.74) is 0.999. The highest BCUT2D eigenvalue weighted by molar-refractivity contribution is 5.81. The minimum atomic E-state index is -0.223. The van der Waals surface area contributed by atoms with Gasteiger partial charge in [-0.25, -0.2) is 4.79 Å². The molecule has 1 aromatic carbocycles. The lowest BCUT2D eigenvalue weighted by Gasteiger charge is -2.37. The molecular formula is C18H23NO3. The largest absolute Gasteiger partial charge is 0.445 e. The minimum absolute atomic E-state index is 0.140. The first kappa shape index (κ1) is 15.1. The van der Waals surface area contributed by atoms with Gasteiger partial charge in [0.05, 0.1) is 0 Å². The third-order valence-corrected chi connectivity index (χ3v) is 4.95. The van der Waals surface area contributed by atoms with Gasteiger partial charge in [-0.3, -0.25) is 4.79 Å². The van der Waals surface area contributed by atoms with Crippen molar-refractivity contribution in [2.75, 3.05) is 0 Å². The third kappa shape index (κ3) is 3.01. The van der Waals surface area contributed by atoms with E-state index in [1.807, 2.05) is 42.2 Å². The zero-order valence-electron chi connectivity index (χ0n) is 13.0. The fourth-order valence-electron chi connectivity index (χ4n) is 3.82. The van der Waals surface area contributed by atoms with Crippen LogP contribution in [0.4, 0.5) is 4.79 Å². The van der Waals surface area contributed by atoms with E-state index in [1.54, 1.807) is 0 Å². The van der Waals surface area contributed by atoms with Gasteiger partial charge in [-0.15, -0.1) is 0 Å². The van der Waals surface area contributed by atoms with Crippen molar-refractivity contribution in [3.8, 4) is 0 Å². The van der Waals surface area contributed by atoms with Crippen LogP contribution in [0.2, 0.25) is 0 Å². The van der Waals surface area contributed by atoms with Crippen LogP contribution in [-0.2, 0) is 16.1 Å². The highest BCUT2D eigenvalue weighted by Gasteiger charge is 2.45. The number of Topliss-reactive ketones (excluding diaryl/α,β-unsaturated/α-hetero) is 1. The van der Waals surface area contributed by atoms with E-state index in [-0.39, 0.29) is 24.1 Å². The van der Waals surface area contributed by atoms with Gasteiger partial charge >= 0.3 is 6.09 Å². The van der Waals surface area contributed by atoms with Crippen LogP contribution in [0.1, 0.15) is 44.6 Å². The molecule has 0 aliphatic carbocycles. The SMILES string of the molecule is CCC(=O)C1CC2CCC(C1)N2C(=O)OCc1ccccc1. The topological polar surface area (TPSA) is 46.6 Å². The first-order chi connectivity index (χ1) is 10.7. The average Bonchev–Trinajstić information content (AvgIpc) is 2.82. The van der Waals surface area contributed by atoms with E-state index in [0.717, 1.165) is 31.2 Å². The van der Waals surface area contributed by atoms with Crippen LogP contribution < -0.4 is 0 Å². The molecule has 4 heteroatoms. The fraction of sp³-hybridized carbons (Fsp3) is 0.556. The van der Waals surface area contributed by atoms with Gasteiger partial charge in [-0.05, 0) is 31.2 Å². The molecule has 2 heterocycles. The molecule has 118 valence electrons. The van der Waals surface area contributed by atoms with Crippen molar-refractivity contribution in [2.45, 2.75) is 57.7 Å². The number of ether oxygens (including phenoxy) is 1. The first-order valence-corrected chi connectivity index (χ1v) is 8.20. The Morgan fingerprint density at radius 2 is 1.77 bits per heavy atom. The molecular weight excluding hydrogens is 278 g/mol. The van der Waals surface area contributed by atoms with Gasteiger partial charge in [-0.2, -0.15) is 0 Å². The van der Waals surface area contributed by atoms with E-state index < -0.39 is 0 Å². The summed E-state index contributed by atoms with van der Waals surface area (Å²) in [5.74, 6) is 0.481. The highest BCUT2D eigenvalue weighted by atomic mass is 16.6. The van der Waals surface area contributed by atoms with E-state index in [0.29, 0.717) is 18.8 Å². The number of hydrogen-bond acceptors (Lipinski definition) is 3. The molecule has 2 fully saturated rings. The highest BCUT2D eigenvalue weighted by Crippen LogP contribution is 2.39. The molecule has 2 unspecified atom stereocenters. The quantitative estimate of drug-likeness (QED) is 0.854.